The van der Waals surface area contributed by atoms with E-state index < -0.39 is 84.3 Å². The summed E-state index contributed by atoms with van der Waals surface area (Å²) in [5, 5.41) is 0.276. The van der Waals surface area contributed by atoms with Gasteiger partial charge in [-0.3, -0.25) is 24.0 Å². The Kier molecular flexibility index (Phi) is 10.7. The normalized spacial score (nSPS) is 25.7. The van der Waals surface area contributed by atoms with Crippen LogP contribution in [0, 0.1) is 0 Å². The molecule has 14 heteroatoms. The van der Waals surface area contributed by atoms with Crippen LogP contribution >= 0.6 is 11.6 Å². The van der Waals surface area contributed by atoms with Gasteiger partial charge in [0.15, 0.2) is 12.2 Å². The van der Waals surface area contributed by atoms with E-state index in [1.807, 2.05) is 0 Å². The molecule has 0 unspecified atom stereocenters. The van der Waals surface area contributed by atoms with Crippen molar-refractivity contribution in [1.82, 2.24) is 5.32 Å². The summed E-state index contributed by atoms with van der Waals surface area (Å²) in [4.78, 5) is 71.2. The van der Waals surface area contributed by atoms with Crippen molar-refractivity contribution in [3.05, 3.63) is 0 Å². The van der Waals surface area contributed by atoms with E-state index in [2.05, 4.69) is 10.1 Å². The third kappa shape index (κ3) is 8.45. The highest BCUT2D eigenvalue weighted by Gasteiger charge is 2.57. The number of carbonyl (C=O) groups is 6. The van der Waals surface area contributed by atoms with Gasteiger partial charge in [-0.1, -0.05) is 11.6 Å². The first kappa shape index (κ1) is 29.1. The van der Waals surface area contributed by atoms with E-state index in [1.54, 1.807) is 0 Å². The topological polar surface area (TPSA) is 170 Å². The summed E-state index contributed by atoms with van der Waals surface area (Å²) in [5.74, 6) is -4.87. The van der Waals surface area contributed by atoms with Crippen LogP contribution in [0.4, 0.5) is 0 Å². The molecule has 1 amide bonds. The van der Waals surface area contributed by atoms with E-state index in [0.29, 0.717) is 0 Å². The summed E-state index contributed by atoms with van der Waals surface area (Å²) in [6.07, 6.45) is -6.29. The smallest absolute Gasteiger partial charge is 0.354 e. The van der Waals surface area contributed by atoms with Crippen LogP contribution in [0.5, 0.6) is 0 Å². The maximum atomic E-state index is 12.4. The van der Waals surface area contributed by atoms with Crippen molar-refractivity contribution >= 4 is 47.4 Å². The van der Waals surface area contributed by atoms with E-state index >= 15 is 0 Å². The molecule has 192 valence electrons. The molecule has 1 heterocycles. The van der Waals surface area contributed by atoms with Crippen molar-refractivity contribution in [2.45, 2.75) is 76.6 Å². The number of methoxy groups -OCH3 is 1. The molecular weight excluding hydrogens is 482 g/mol. The van der Waals surface area contributed by atoms with Gasteiger partial charge >= 0.3 is 29.8 Å². The van der Waals surface area contributed by atoms with Gasteiger partial charge in [-0.2, -0.15) is 0 Å². The second-order valence-electron chi connectivity index (χ2n) is 7.41. The highest BCUT2D eigenvalue weighted by molar-refractivity contribution is 6.32. The van der Waals surface area contributed by atoms with Crippen molar-refractivity contribution in [3.63, 3.8) is 0 Å². The van der Waals surface area contributed by atoms with Crippen LogP contribution in [0.2, 0.25) is 0 Å². The molecule has 34 heavy (non-hydrogen) atoms. The minimum Gasteiger partial charge on any atom is -0.466 e. The van der Waals surface area contributed by atoms with Crippen molar-refractivity contribution in [2.24, 2.45) is 0 Å². The maximum absolute atomic E-state index is 12.4. The molecular formula is C20H28ClNO12. The molecule has 0 saturated carbocycles. The Morgan fingerprint density at radius 2 is 1.56 bits per heavy atom. The van der Waals surface area contributed by atoms with Gasteiger partial charge in [-0.25, -0.2) is 4.79 Å². The molecule has 0 spiro atoms. The lowest BCUT2D eigenvalue weighted by Crippen LogP contribution is -2.67. The zero-order valence-electron chi connectivity index (χ0n) is 19.6. The Hall–Kier alpha value is -2.93. The fourth-order valence-electron chi connectivity index (χ4n) is 3.38. The third-order valence-corrected chi connectivity index (χ3v) is 4.88. The van der Waals surface area contributed by atoms with Crippen LogP contribution in [0.3, 0.4) is 0 Å². The number of ether oxygens (including phenoxy) is 6. The highest BCUT2D eigenvalue weighted by Crippen LogP contribution is 2.38. The molecule has 1 aliphatic rings. The van der Waals surface area contributed by atoms with Gasteiger partial charge in [-0.05, 0) is 0 Å². The monoisotopic (exact) mass is 509 g/mol. The minimum atomic E-state index is -2.24. The van der Waals surface area contributed by atoms with Gasteiger partial charge < -0.3 is 33.7 Å². The van der Waals surface area contributed by atoms with Crippen molar-refractivity contribution < 1.29 is 57.2 Å². The van der Waals surface area contributed by atoms with Gasteiger partial charge in [0.2, 0.25) is 11.0 Å². The molecule has 1 fully saturated rings. The largest absolute Gasteiger partial charge is 0.466 e. The number of esters is 5. The summed E-state index contributed by atoms with van der Waals surface area (Å²) in [5.41, 5.74) is 0. The summed E-state index contributed by atoms with van der Waals surface area (Å²) < 4.78 is 31.2. The molecule has 0 bridgehead atoms. The Labute approximate surface area is 200 Å². The first-order valence-corrected chi connectivity index (χ1v) is 10.4. The van der Waals surface area contributed by atoms with Crippen LogP contribution < -0.4 is 5.32 Å². The fourth-order valence-corrected chi connectivity index (χ4v) is 3.71. The quantitative estimate of drug-likeness (QED) is 0.246. The van der Waals surface area contributed by atoms with Crippen LogP contribution in [0.25, 0.3) is 0 Å². The van der Waals surface area contributed by atoms with Crippen molar-refractivity contribution in [3.8, 4) is 0 Å². The number of alkyl halides is 1. The molecule has 1 aliphatic heterocycles. The van der Waals surface area contributed by atoms with Gasteiger partial charge in [0.05, 0.1) is 13.2 Å². The zero-order valence-corrected chi connectivity index (χ0v) is 20.3. The molecule has 0 aliphatic carbocycles. The van der Waals surface area contributed by atoms with Crippen LogP contribution in [0.15, 0.2) is 0 Å². The number of rotatable bonds is 9. The third-order valence-electron chi connectivity index (χ3n) is 4.48. The Bertz CT molecular complexity index is 817. The first-order valence-electron chi connectivity index (χ1n) is 10.1. The second kappa shape index (κ2) is 12.5. The number of hydrogen-bond donors (Lipinski definition) is 1. The van der Waals surface area contributed by atoms with E-state index in [9.17, 15) is 28.8 Å². The molecule has 0 aromatic carbocycles. The summed E-state index contributed by atoms with van der Waals surface area (Å²) in [6, 6.07) is -1.24. The van der Waals surface area contributed by atoms with Crippen LogP contribution in [-0.2, 0) is 57.2 Å². The number of nitrogens with one attached hydrogen (secondary N) is 1. The predicted octanol–water partition coefficient (Wildman–Crippen LogP) is -0.254. The van der Waals surface area contributed by atoms with Gasteiger partial charge in [0.25, 0.3) is 0 Å². The predicted molar refractivity (Wildman–Crippen MR) is 111 cm³/mol. The SMILES string of the molecule is COC(=O)[C@]1(Cl)C[C@H](OC(C)=O)[C@@H](NC(C)=O)[C@H]([C@H](OC(C)=O)[C@H](COC(C)=O)OC(C)=O)O1. The molecule has 1 rings (SSSR count). The second-order valence-corrected chi connectivity index (χ2v) is 8.02. The van der Waals surface area contributed by atoms with Gasteiger partial charge in [0.1, 0.15) is 18.8 Å². The Morgan fingerprint density at radius 1 is 0.971 bits per heavy atom. The fraction of sp³-hybridized carbons (Fsp3) is 0.700. The maximum Gasteiger partial charge on any atom is 0.354 e. The van der Waals surface area contributed by atoms with Crippen molar-refractivity contribution in [2.75, 3.05) is 13.7 Å². The molecule has 13 nitrogen and oxygen atoms in total. The van der Waals surface area contributed by atoms with E-state index in [1.165, 1.54) is 0 Å². The van der Waals surface area contributed by atoms with Gasteiger partial charge in [0, 0.05) is 41.0 Å². The van der Waals surface area contributed by atoms with Gasteiger partial charge in [-0.15, -0.1) is 0 Å². The Morgan fingerprint density at radius 3 is 2.00 bits per heavy atom. The van der Waals surface area contributed by atoms with E-state index in [-0.39, 0.29) is 0 Å². The van der Waals surface area contributed by atoms with Crippen LogP contribution in [-0.4, -0.2) is 85.0 Å². The number of carbonyl (C=O) groups excluding carboxylic acids is 6. The zero-order chi connectivity index (χ0) is 26.2. The highest BCUT2D eigenvalue weighted by atomic mass is 35.5. The average molecular weight is 510 g/mol. The van der Waals surface area contributed by atoms with Crippen LogP contribution in [0.1, 0.15) is 41.0 Å². The molecule has 1 N–H and O–H groups in total. The molecule has 0 aromatic heterocycles. The average Bonchev–Trinajstić information content (AvgIpc) is 2.69. The lowest BCUT2D eigenvalue weighted by molar-refractivity contribution is -0.225. The first-order chi connectivity index (χ1) is 15.7. The Balaban J connectivity index is 3.64. The minimum absolute atomic E-state index is 0.447. The molecule has 0 aromatic rings. The van der Waals surface area contributed by atoms with Crippen molar-refractivity contribution in [1.29, 1.82) is 0 Å². The summed E-state index contributed by atoms with van der Waals surface area (Å²) in [6.45, 7) is 4.87. The number of amides is 1. The summed E-state index contributed by atoms with van der Waals surface area (Å²) >= 11 is 6.38. The molecule has 1 saturated heterocycles. The lowest BCUT2D eigenvalue weighted by atomic mass is 9.89. The summed E-state index contributed by atoms with van der Waals surface area (Å²) in [7, 11) is 1.04. The molecule has 0 radical (unpaired) electrons. The standard InChI is InChI=1S/C20H28ClNO12/c1-9(23)22-16-14(31-11(3)25)7-20(21,19(28)29-6)34-18(16)17(33-13(5)27)15(32-12(4)26)8-30-10(2)24/h14-18H,7-8H2,1-6H3,(H,22,23)/t14-,15-,16+,17+,18+,20-/m0/s1. The lowest BCUT2D eigenvalue weighted by Gasteiger charge is -2.46. The van der Waals surface area contributed by atoms with E-state index in [4.69, 9.17) is 35.3 Å². The number of hydrogen-bond acceptors (Lipinski definition) is 12. The van der Waals surface area contributed by atoms with E-state index in [0.717, 1.165) is 41.7 Å². The number of halogens is 1. The molecule has 6 atom stereocenters.